The number of hydrogen-bond donors (Lipinski definition) is 1. The molecule has 1 N–H and O–H groups in total. The molecule has 1 fully saturated rings. The van der Waals surface area contributed by atoms with Crippen molar-refractivity contribution in [3.05, 3.63) is 23.3 Å². The number of hydrogen-bond acceptors (Lipinski definition) is 1. The molecule has 22 heavy (non-hydrogen) atoms. The zero-order valence-corrected chi connectivity index (χ0v) is 15.1. The van der Waals surface area contributed by atoms with E-state index in [2.05, 4.69) is 53.7 Å². The molecule has 0 unspecified atom stereocenters. The molecular weight excluding hydrogens is 272 g/mol. The van der Waals surface area contributed by atoms with Gasteiger partial charge in [-0.2, -0.15) is 0 Å². The molecular formula is C20H32O2. The van der Waals surface area contributed by atoms with E-state index in [1.807, 2.05) is 0 Å². The molecule has 124 valence electrons. The van der Waals surface area contributed by atoms with Gasteiger partial charge in [0, 0.05) is 0 Å². The van der Waals surface area contributed by atoms with Crippen molar-refractivity contribution in [3.63, 3.8) is 0 Å². The zero-order chi connectivity index (χ0) is 16.8. The Balaban J connectivity index is 2.48. The molecule has 0 aliphatic heterocycles. The average molecular weight is 304 g/mol. The summed E-state index contributed by atoms with van der Waals surface area (Å²) >= 11 is 0. The van der Waals surface area contributed by atoms with Crippen LogP contribution in [0.25, 0.3) is 0 Å². The van der Waals surface area contributed by atoms with Gasteiger partial charge in [-0.3, -0.25) is 4.79 Å². The summed E-state index contributed by atoms with van der Waals surface area (Å²) in [7, 11) is 0. The summed E-state index contributed by atoms with van der Waals surface area (Å²) in [6, 6.07) is 0. The highest BCUT2D eigenvalue weighted by Crippen LogP contribution is 2.70. The summed E-state index contributed by atoms with van der Waals surface area (Å²) in [6.45, 7) is 13.5. The Morgan fingerprint density at radius 1 is 1.32 bits per heavy atom. The van der Waals surface area contributed by atoms with Gasteiger partial charge in [-0.25, -0.2) is 0 Å². The Kier molecular flexibility index (Phi) is 4.36. The predicted molar refractivity (Wildman–Crippen MR) is 91.7 cm³/mol. The van der Waals surface area contributed by atoms with Crippen LogP contribution in [0.4, 0.5) is 0 Å². The lowest BCUT2D eigenvalue weighted by Crippen LogP contribution is -2.50. The molecule has 0 bridgehead atoms. The number of allylic oxidation sites excluding steroid dienone is 4. The van der Waals surface area contributed by atoms with Crippen LogP contribution >= 0.6 is 0 Å². The summed E-state index contributed by atoms with van der Waals surface area (Å²) in [5, 5.41) is 9.85. The quantitative estimate of drug-likeness (QED) is 0.687. The van der Waals surface area contributed by atoms with Gasteiger partial charge in [-0.15, -0.1) is 0 Å². The first kappa shape index (κ1) is 17.3. The SMILES string of the molecule is CC(C)=CCC[C@]1(C)[C@@H](C(=O)O)CC2=CCCC(C)(C)[C@@]21C. The first-order valence-corrected chi connectivity index (χ1v) is 8.62. The average Bonchev–Trinajstić information content (AvgIpc) is 2.61. The van der Waals surface area contributed by atoms with Crippen LogP contribution in [0.5, 0.6) is 0 Å². The van der Waals surface area contributed by atoms with E-state index in [1.165, 1.54) is 11.1 Å². The summed E-state index contributed by atoms with van der Waals surface area (Å²) < 4.78 is 0. The molecule has 0 heterocycles. The zero-order valence-electron chi connectivity index (χ0n) is 15.1. The van der Waals surface area contributed by atoms with Crippen LogP contribution in [-0.2, 0) is 4.79 Å². The highest BCUT2D eigenvalue weighted by molar-refractivity contribution is 5.73. The van der Waals surface area contributed by atoms with Crippen molar-refractivity contribution in [2.45, 2.75) is 73.6 Å². The third-order valence-electron chi connectivity index (χ3n) is 7.01. The fraction of sp³-hybridized carbons (Fsp3) is 0.750. The van der Waals surface area contributed by atoms with E-state index >= 15 is 0 Å². The van der Waals surface area contributed by atoms with Crippen LogP contribution in [-0.4, -0.2) is 11.1 Å². The molecule has 3 atom stereocenters. The molecule has 2 nitrogen and oxygen atoms in total. The fourth-order valence-electron chi connectivity index (χ4n) is 5.16. The number of rotatable bonds is 4. The van der Waals surface area contributed by atoms with E-state index in [1.54, 1.807) is 0 Å². The second-order valence-corrected chi connectivity index (χ2v) is 8.61. The molecule has 0 aromatic rings. The maximum Gasteiger partial charge on any atom is 0.307 e. The van der Waals surface area contributed by atoms with Crippen LogP contribution < -0.4 is 0 Å². The Hall–Kier alpha value is -1.05. The second kappa shape index (κ2) is 5.54. The van der Waals surface area contributed by atoms with Crippen LogP contribution in [0.2, 0.25) is 0 Å². The van der Waals surface area contributed by atoms with Crippen molar-refractivity contribution in [1.29, 1.82) is 0 Å². The molecule has 0 aromatic carbocycles. The van der Waals surface area contributed by atoms with Gasteiger partial charge in [0.25, 0.3) is 0 Å². The van der Waals surface area contributed by atoms with Gasteiger partial charge in [0.1, 0.15) is 0 Å². The summed E-state index contributed by atoms with van der Waals surface area (Å²) in [4.78, 5) is 12.0. The van der Waals surface area contributed by atoms with E-state index in [4.69, 9.17) is 0 Å². The third kappa shape index (κ3) is 2.35. The summed E-state index contributed by atoms with van der Waals surface area (Å²) in [6.07, 6.45) is 9.50. The van der Waals surface area contributed by atoms with E-state index in [9.17, 15) is 9.90 Å². The molecule has 2 aliphatic rings. The summed E-state index contributed by atoms with van der Waals surface area (Å²) in [5.74, 6) is -0.876. The Bertz CT molecular complexity index is 522. The molecule has 0 spiro atoms. The smallest absolute Gasteiger partial charge is 0.307 e. The van der Waals surface area contributed by atoms with Gasteiger partial charge in [0.05, 0.1) is 5.92 Å². The van der Waals surface area contributed by atoms with Crippen molar-refractivity contribution >= 4 is 5.97 Å². The monoisotopic (exact) mass is 304 g/mol. The van der Waals surface area contributed by atoms with E-state index in [0.717, 1.165) is 32.1 Å². The first-order valence-electron chi connectivity index (χ1n) is 8.62. The minimum Gasteiger partial charge on any atom is -0.481 e. The molecule has 0 aromatic heterocycles. The van der Waals surface area contributed by atoms with Crippen molar-refractivity contribution < 1.29 is 9.90 Å². The number of aliphatic carboxylic acids is 1. The Morgan fingerprint density at radius 3 is 2.50 bits per heavy atom. The minimum absolute atomic E-state index is 0.0171. The standard InChI is InChI=1S/C20H32O2/c1-14(2)9-7-12-19(5)16(17(21)22)13-15-10-8-11-18(3,4)20(15,19)6/h9-10,16H,7-8,11-13H2,1-6H3,(H,21,22)/t16-,19-,20-/m1/s1. The topological polar surface area (TPSA) is 37.3 Å². The Labute approximate surface area is 135 Å². The molecule has 1 saturated carbocycles. The maximum atomic E-state index is 12.0. The van der Waals surface area contributed by atoms with Crippen molar-refractivity contribution in [2.24, 2.45) is 22.2 Å². The number of fused-ring (bicyclic) bond motifs is 1. The molecule has 0 saturated heterocycles. The second-order valence-electron chi connectivity index (χ2n) is 8.61. The lowest BCUT2D eigenvalue weighted by Gasteiger charge is -2.55. The largest absolute Gasteiger partial charge is 0.481 e. The van der Waals surface area contributed by atoms with Gasteiger partial charge < -0.3 is 5.11 Å². The van der Waals surface area contributed by atoms with Gasteiger partial charge in [-0.05, 0) is 62.2 Å². The first-order chi connectivity index (χ1) is 10.1. The van der Waals surface area contributed by atoms with Crippen molar-refractivity contribution in [3.8, 4) is 0 Å². The molecule has 2 rings (SSSR count). The Morgan fingerprint density at radius 2 is 1.95 bits per heavy atom. The highest BCUT2D eigenvalue weighted by atomic mass is 16.4. The lowest BCUT2D eigenvalue weighted by molar-refractivity contribution is -0.149. The lowest BCUT2D eigenvalue weighted by atomic mass is 9.48. The van der Waals surface area contributed by atoms with Gasteiger partial charge in [0.15, 0.2) is 0 Å². The molecule has 2 heteroatoms. The normalized spacial score (nSPS) is 36.5. The number of carboxylic acids is 1. The molecule has 0 amide bonds. The van der Waals surface area contributed by atoms with E-state index in [0.29, 0.717) is 0 Å². The van der Waals surface area contributed by atoms with Crippen LogP contribution in [0.1, 0.15) is 73.6 Å². The predicted octanol–water partition coefficient (Wildman–Crippen LogP) is 5.60. The molecule has 2 aliphatic carbocycles. The van der Waals surface area contributed by atoms with Crippen LogP contribution in [0.15, 0.2) is 23.3 Å². The fourth-order valence-corrected chi connectivity index (χ4v) is 5.16. The maximum absolute atomic E-state index is 12.0. The number of carboxylic acid groups (broad SMARTS) is 1. The van der Waals surface area contributed by atoms with Gasteiger partial charge in [0.2, 0.25) is 0 Å². The van der Waals surface area contributed by atoms with Crippen molar-refractivity contribution in [1.82, 2.24) is 0 Å². The van der Waals surface area contributed by atoms with Crippen LogP contribution in [0, 0.1) is 22.2 Å². The van der Waals surface area contributed by atoms with Gasteiger partial charge in [-0.1, -0.05) is 51.0 Å². The third-order valence-corrected chi connectivity index (χ3v) is 7.01. The van der Waals surface area contributed by atoms with Gasteiger partial charge >= 0.3 is 5.97 Å². The van der Waals surface area contributed by atoms with Crippen molar-refractivity contribution in [2.75, 3.05) is 0 Å². The van der Waals surface area contributed by atoms with Crippen LogP contribution in [0.3, 0.4) is 0 Å². The highest BCUT2D eigenvalue weighted by Gasteiger charge is 2.64. The van der Waals surface area contributed by atoms with E-state index in [-0.39, 0.29) is 22.2 Å². The summed E-state index contributed by atoms with van der Waals surface area (Å²) in [5.41, 5.74) is 2.67. The minimum atomic E-state index is -0.618. The molecule has 0 radical (unpaired) electrons. The van der Waals surface area contributed by atoms with E-state index < -0.39 is 5.97 Å². The number of carbonyl (C=O) groups is 1.